The van der Waals surface area contributed by atoms with Crippen LogP contribution in [0.15, 0.2) is 73.1 Å². The van der Waals surface area contributed by atoms with E-state index in [2.05, 4.69) is 17.3 Å². The van der Waals surface area contributed by atoms with Gasteiger partial charge in [-0.2, -0.15) is 0 Å². The van der Waals surface area contributed by atoms with Gasteiger partial charge in [0.25, 0.3) is 0 Å². The van der Waals surface area contributed by atoms with Crippen molar-refractivity contribution in [1.82, 2.24) is 19.1 Å². The quantitative estimate of drug-likeness (QED) is 0.439. The van der Waals surface area contributed by atoms with Crippen molar-refractivity contribution in [3.8, 4) is 17.1 Å². The van der Waals surface area contributed by atoms with E-state index in [0.29, 0.717) is 16.3 Å². The predicted octanol–water partition coefficient (Wildman–Crippen LogP) is 4.40. The number of methoxy groups -OCH3 is 1. The minimum absolute atomic E-state index is 0.000420. The van der Waals surface area contributed by atoms with E-state index in [1.54, 1.807) is 11.8 Å². The molecule has 0 spiro atoms. The number of rotatable bonds is 7. The van der Waals surface area contributed by atoms with Crippen molar-refractivity contribution in [3.05, 3.63) is 83.4 Å². The first-order valence-electron chi connectivity index (χ1n) is 9.95. The van der Waals surface area contributed by atoms with Gasteiger partial charge in [-0.3, -0.25) is 9.47 Å². The summed E-state index contributed by atoms with van der Waals surface area (Å²) in [5, 5.41) is 7.60. The molecule has 0 aliphatic rings. The van der Waals surface area contributed by atoms with Gasteiger partial charge in [0.1, 0.15) is 12.3 Å². The molecule has 1 amide bonds. The molecule has 158 valence electrons. The minimum atomic E-state index is -0.196. The van der Waals surface area contributed by atoms with Gasteiger partial charge in [0, 0.05) is 23.6 Å². The molecule has 0 unspecified atom stereocenters. The Hall–Kier alpha value is -3.65. The Labute approximate surface area is 185 Å². The van der Waals surface area contributed by atoms with Gasteiger partial charge in [-0.05, 0) is 60.6 Å². The molecule has 0 fully saturated rings. The number of aromatic nitrogens is 4. The van der Waals surface area contributed by atoms with Gasteiger partial charge in [0.05, 0.1) is 7.11 Å². The van der Waals surface area contributed by atoms with Gasteiger partial charge in [-0.1, -0.05) is 31.2 Å². The lowest BCUT2D eigenvalue weighted by Crippen LogP contribution is -2.20. The van der Waals surface area contributed by atoms with Crippen molar-refractivity contribution in [2.45, 2.75) is 19.9 Å². The fraction of sp³-hybridized carbons (Fsp3) is 0.174. The van der Waals surface area contributed by atoms with E-state index in [4.69, 9.17) is 17.0 Å². The third-order valence-corrected chi connectivity index (χ3v) is 5.26. The molecule has 4 aromatic rings. The molecular weight excluding hydrogens is 410 g/mol. The molecule has 8 heteroatoms. The Balaban J connectivity index is 1.68. The molecule has 2 heterocycles. The molecular formula is C23H23N5O2S. The lowest BCUT2D eigenvalue weighted by atomic mass is 10.1. The first-order valence-corrected chi connectivity index (χ1v) is 10.4. The summed E-state index contributed by atoms with van der Waals surface area (Å²) in [6, 6.07) is 19.2. The fourth-order valence-electron chi connectivity index (χ4n) is 3.32. The Morgan fingerprint density at radius 3 is 2.61 bits per heavy atom. The van der Waals surface area contributed by atoms with Gasteiger partial charge < -0.3 is 10.1 Å². The largest absolute Gasteiger partial charge is 0.497 e. The molecule has 0 aliphatic carbocycles. The molecule has 0 saturated carbocycles. The van der Waals surface area contributed by atoms with E-state index in [9.17, 15) is 4.79 Å². The third kappa shape index (κ3) is 4.44. The van der Waals surface area contributed by atoms with Crippen LogP contribution in [0.3, 0.4) is 0 Å². The molecule has 0 bridgehead atoms. The van der Waals surface area contributed by atoms with Crippen molar-refractivity contribution in [1.29, 1.82) is 0 Å². The zero-order valence-corrected chi connectivity index (χ0v) is 18.2. The second-order valence-electron chi connectivity index (χ2n) is 6.97. The second kappa shape index (κ2) is 9.01. The van der Waals surface area contributed by atoms with E-state index in [1.807, 2.05) is 77.7 Å². The van der Waals surface area contributed by atoms with E-state index in [0.717, 1.165) is 23.2 Å². The normalized spacial score (nSPS) is 10.8. The zero-order valence-electron chi connectivity index (χ0n) is 17.4. The summed E-state index contributed by atoms with van der Waals surface area (Å²) in [6.45, 7) is 2.08. The molecule has 2 aromatic heterocycles. The first-order chi connectivity index (χ1) is 15.1. The molecule has 0 atom stereocenters. The van der Waals surface area contributed by atoms with Crippen LogP contribution in [-0.2, 0) is 17.8 Å². The van der Waals surface area contributed by atoms with Gasteiger partial charge >= 0.3 is 0 Å². The highest BCUT2D eigenvalue weighted by molar-refractivity contribution is 7.71. The minimum Gasteiger partial charge on any atom is -0.497 e. The van der Waals surface area contributed by atoms with Crippen LogP contribution in [0.1, 0.15) is 12.5 Å². The highest BCUT2D eigenvalue weighted by Gasteiger charge is 2.17. The van der Waals surface area contributed by atoms with Crippen LogP contribution in [0.25, 0.3) is 11.4 Å². The number of carbonyl (C=O) groups excluding carboxylic acids is 1. The number of nitrogens with one attached hydrogen (secondary N) is 1. The van der Waals surface area contributed by atoms with Crippen molar-refractivity contribution in [2.24, 2.45) is 0 Å². The summed E-state index contributed by atoms with van der Waals surface area (Å²) < 4.78 is 10.9. The summed E-state index contributed by atoms with van der Waals surface area (Å²) in [5.41, 5.74) is 2.74. The van der Waals surface area contributed by atoms with Crippen LogP contribution in [0.2, 0.25) is 0 Å². The van der Waals surface area contributed by atoms with Crippen LogP contribution >= 0.6 is 12.2 Å². The third-order valence-electron chi connectivity index (χ3n) is 4.88. The maximum Gasteiger partial charge on any atom is 0.246 e. The van der Waals surface area contributed by atoms with E-state index < -0.39 is 0 Å². The van der Waals surface area contributed by atoms with Crippen molar-refractivity contribution < 1.29 is 9.53 Å². The zero-order chi connectivity index (χ0) is 21.8. The Kier molecular flexibility index (Phi) is 5.99. The molecule has 0 radical (unpaired) electrons. The molecule has 31 heavy (non-hydrogen) atoms. The fourth-order valence-corrected chi connectivity index (χ4v) is 3.60. The summed E-state index contributed by atoms with van der Waals surface area (Å²) in [7, 11) is 1.62. The maximum atomic E-state index is 12.7. The number of anilines is 1. The van der Waals surface area contributed by atoms with Crippen molar-refractivity contribution in [2.75, 3.05) is 12.4 Å². The molecule has 2 aromatic carbocycles. The molecule has 7 nitrogen and oxygen atoms in total. The van der Waals surface area contributed by atoms with Gasteiger partial charge in [0.2, 0.25) is 10.7 Å². The van der Waals surface area contributed by atoms with Gasteiger partial charge in [0.15, 0.2) is 5.82 Å². The number of ether oxygens (including phenoxy) is 1. The predicted molar refractivity (Wildman–Crippen MR) is 123 cm³/mol. The lowest BCUT2D eigenvalue weighted by molar-refractivity contribution is -0.116. The van der Waals surface area contributed by atoms with Crippen LogP contribution in [0, 0.1) is 4.77 Å². The van der Waals surface area contributed by atoms with Crippen LogP contribution in [0.5, 0.6) is 5.75 Å². The second-order valence-corrected chi connectivity index (χ2v) is 7.34. The Bertz CT molecular complexity index is 1260. The lowest BCUT2D eigenvalue weighted by Gasteiger charge is -2.08. The van der Waals surface area contributed by atoms with Crippen molar-refractivity contribution in [3.63, 3.8) is 0 Å². The maximum absolute atomic E-state index is 12.7. The highest BCUT2D eigenvalue weighted by Crippen LogP contribution is 2.23. The number of aryl methyl sites for hydroxylation is 1. The monoisotopic (exact) mass is 433 g/mol. The van der Waals surface area contributed by atoms with E-state index in [-0.39, 0.29) is 12.5 Å². The number of benzene rings is 2. The number of carbonyl (C=O) groups is 1. The summed E-state index contributed by atoms with van der Waals surface area (Å²) in [5.74, 6) is 1.13. The summed E-state index contributed by atoms with van der Waals surface area (Å²) >= 11 is 5.68. The molecule has 1 N–H and O–H groups in total. The molecule has 4 rings (SSSR count). The van der Waals surface area contributed by atoms with Crippen LogP contribution in [0.4, 0.5) is 5.69 Å². The highest BCUT2D eigenvalue weighted by atomic mass is 32.1. The smallest absolute Gasteiger partial charge is 0.246 e. The number of hydrogen-bond donors (Lipinski definition) is 1. The van der Waals surface area contributed by atoms with Crippen molar-refractivity contribution >= 4 is 23.8 Å². The number of hydrogen-bond acceptors (Lipinski definition) is 4. The standard InChI is InChI=1S/C23H23N5O2S/c1-3-17-8-6-10-19(14-17)24-21(29)16-27-23(31)28(26-12-4-5-13-26)22(25-27)18-9-7-11-20(15-18)30-2/h4-15H,3,16H2,1-2H3,(H,24,29). The van der Waals surface area contributed by atoms with E-state index in [1.165, 1.54) is 4.68 Å². The Morgan fingerprint density at radius 2 is 1.87 bits per heavy atom. The summed E-state index contributed by atoms with van der Waals surface area (Å²) in [6.07, 6.45) is 4.66. The molecule has 0 saturated heterocycles. The summed E-state index contributed by atoms with van der Waals surface area (Å²) in [4.78, 5) is 12.7. The van der Waals surface area contributed by atoms with Crippen LogP contribution in [-0.4, -0.2) is 32.1 Å². The average molecular weight is 434 g/mol. The number of amides is 1. The Morgan fingerprint density at radius 1 is 1.10 bits per heavy atom. The SMILES string of the molecule is CCc1cccc(NC(=O)Cn2nc(-c3cccc(OC)c3)n(-n3cccc3)c2=S)c1. The molecule has 0 aliphatic heterocycles. The van der Waals surface area contributed by atoms with Gasteiger partial charge in [-0.25, -0.2) is 9.36 Å². The topological polar surface area (TPSA) is 66.0 Å². The van der Waals surface area contributed by atoms with E-state index >= 15 is 0 Å². The number of nitrogens with zero attached hydrogens (tertiary/aromatic N) is 4. The van der Waals surface area contributed by atoms with Gasteiger partial charge in [-0.15, -0.1) is 5.10 Å². The van der Waals surface area contributed by atoms with Crippen LogP contribution < -0.4 is 10.1 Å². The average Bonchev–Trinajstić information content (AvgIpc) is 3.42. The first kappa shape index (κ1) is 20.6.